The molecule has 0 aliphatic carbocycles. The molecule has 8 heteroatoms. The van der Waals surface area contributed by atoms with Crippen molar-refractivity contribution in [3.63, 3.8) is 0 Å². The Labute approximate surface area is 88.1 Å². The van der Waals surface area contributed by atoms with Crippen molar-refractivity contribution in [2.75, 3.05) is 26.5 Å². The molecule has 14 heavy (non-hydrogen) atoms. The van der Waals surface area contributed by atoms with E-state index in [1.54, 1.807) is 0 Å². The van der Waals surface area contributed by atoms with E-state index in [0.717, 1.165) is 4.31 Å². The van der Waals surface area contributed by atoms with E-state index in [0.29, 0.717) is 0 Å². The molecule has 0 atom stereocenters. The summed E-state index contributed by atoms with van der Waals surface area (Å²) in [5.41, 5.74) is 5.09. The lowest BCUT2D eigenvalue weighted by Crippen LogP contribution is -2.37. The van der Waals surface area contributed by atoms with Crippen molar-refractivity contribution in [1.82, 2.24) is 4.31 Å². The Morgan fingerprint density at radius 1 is 1.57 bits per heavy atom. The molecule has 6 nitrogen and oxygen atoms in total. The Morgan fingerprint density at radius 2 is 2.07 bits per heavy atom. The second kappa shape index (κ2) is 5.23. The summed E-state index contributed by atoms with van der Waals surface area (Å²) < 4.78 is 27.8. The maximum Gasteiger partial charge on any atom is 0.320 e. The van der Waals surface area contributed by atoms with Crippen LogP contribution < -0.4 is 5.73 Å². The summed E-state index contributed by atoms with van der Waals surface area (Å²) >= 11 is 4.46. The quantitative estimate of drug-likeness (QED) is 0.475. The van der Waals surface area contributed by atoms with Crippen LogP contribution in [0.15, 0.2) is 0 Å². The van der Waals surface area contributed by atoms with Crippen molar-refractivity contribution < 1.29 is 17.9 Å². The second-order valence-electron chi connectivity index (χ2n) is 2.55. The van der Waals surface area contributed by atoms with Crippen molar-refractivity contribution in [3.8, 4) is 0 Å². The fourth-order valence-electron chi connectivity index (χ4n) is 0.635. The number of carbonyl (C=O) groups is 1. The highest BCUT2D eigenvalue weighted by Gasteiger charge is 2.21. The van der Waals surface area contributed by atoms with Crippen LogP contribution in [0.5, 0.6) is 0 Å². The first-order valence-electron chi connectivity index (χ1n) is 3.58. The topological polar surface area (TPSA) is 89.7 Å². The van der Waals surface area contributed by atoms with Gasteiger partial charge in [-0.05, 0) is 0 Å². The van der Waals surface area contributed by atoms with Gasteiger partial charge in [-0.3, -0.25) is 4.79 Å². The van der Waals surface area contributed by atoms with Gasteiger partial charge in [0.2, 0.25) is 10.0 Å². The van der Waals surface area contributed by atoms with Crippen molar-refractivity contribution >= 4 is 33.2 Å². The molecule has 0 amide bonds. The number of hydrogen-bond donors (Lipinski definition) is 1. The van der Waals surface area contributed by atoms with Gasteiger partial charge >= 0.3 is 5.97 Å². The van der Waals surface area contributed by atoms with E-state index in [4.69, 9.17) is 5.73 Å². The van der Waals surface area contributed by atoms with Crippen molar-refractivity contribution in [2.45, 2.75) is 0 Å². The Balaban J connectivity index is 4.44. The first-order chi connectivity index (χ1) is 6.29. The molecule has 0 saturated heterocycles. The molecule has 0 spiro atoms. The third-order valence-corrected chi connectivity index (χ3v) is 3.46. The lowest BCUT2D eigenvalue weighted by atomic mass is 10.7. The second-order valence-corrected chi connectivity index (χ2v) is 5.15. The van der Waals surface area contributed by atoms with Crippen LogP contribution in [0.1, 0.15) is 0 Å². The van der Waals surface area contributed by atoms with Crippen molar-refractivity contribution in [3.05, 3.63) is 0 Å². The summed E-state index contributed by atoms with van der Waals surface area (Å²) in [5.74, 6) is -1.09. The fraction of sp³-hybridized carbons (Fsp3) is 0.667. The zero-order valence-electron chi connectivity index (χ0n) is 7.89. The van der Waals surface area contributed by atoms with Gasteiger partial charge in [-0.15, -0.1) is 0 Å². The lowest BCUT2D eigenvalue weighted by molar-refractivity contribution is -0.140. The summed E-state index contributed by atoms with van der Waals surface area (Å²) in [7, 11) is -1.17. The highest BCUT2D eigenvalue weighted by Crippen LogP contribution is 1.98. The van der Waals surface area contributed by atoms with Gasteiger partial charge in [0.15, 0.2) is 0 Å². The van der Waals surface area contributed by atoms with Crippen LogP contribution in [0.4, 0.5) is 0 Å². The van der Waals surface area contributed by atoms with E-state index < -0.39 is 21.7 Å². The standard InChI is InChI=1S/C6H12N2O4S2/c1-8(3-6(9)12-2)14(10,11)4-5(7)13/h3-4H2,1-2H3,(H2,7,13). The van der Waals surface area contributed by atoms with E-state index in [-0.39, 0.29) is 11.5 Å². The van der Waals surface area contributed by atoms with Crippen LogP contribution in [0.3, 0.4) is 0 Å². The number of ether oxygens (including phenoxy) is 1. The van der Waals surface area contributed by atoms with Crippen LogP contribution >= 0.6 is 12.2 Å². The minimum absolute atomic E-state index is 0.137. The zero-order valence-corrected chi connectivity index (χ0v) is 9.52. The summed E-state index contributed by atoms with van der Waals surface area (Å²) in [6.45, 7) is -0.346. The average Bonchev–Trinajstić information content (AvgIpc) is 2.01. The normalized spacial score (nSPS) is 11.4. The monoisotopic (exact) mass is 240 g/mol. The first-order valence-corrected chi connectivity index (χ1v) is 5.60. The molecule has 0 bridgehead atoms. The summed E-state index contributed by atoms with van der Waals surface area (Å²) in [6, 6.07) is 0. The van der Waals surface area contributed by atoms with Crippen molar-refractivity contribution in [1.29, 1.82) is 0 Å². The van der Waals surface area contributed by atoms with E-state index in [2.05, 4.69) is 17.0 Å². The molecule has 0 unspecified atom stereocenters. The van der Waals surface area contributed by atoms with Crippen molar-refractivity contribution in [2.24, 2.45) is 5.73 Å². The van der Waals surface area contributed by atoms with Gasteiger partial charge in [0, 0.05) is 7.05 Å². The number of carbonyl (C=O) groups excluding carboxylic acids is 1. The Kier molecular flexibility index (Phi) is 4.95. The smallest absolute Gasteiger partial charge is 0.320 e. The highest BCUT2D eigenvalue weighted by atomic mass is 32.2. The van der Waals surface area contributed by atoms with Gasteiger partial charge < -0.3 is 10.5 Å². The summed E-state index contributed by atoms with van der Waals surface area (Å²) in [6.07, 6.45) is 0. The molecule has 0 heterocycles. The minimum Gasteiger partial charge on any atom is -0.468 e. The number of nitrogens with zero attached hydrogens (tertiary/aromatic N) is 1. The van der Waals surface area contributed by atoms with E-state index in [1.807, 2.05) is 0 Å². The average molecular weight is 240 g/mol. The number of thiocarbonyl (C=S) groups is 1. The predicted octanol–water partition coefficient (Wildman–Crippen LogP) is -1.29. The number of sulfonamides is 1. The van der Waals surface area contributed by atoms with E-state index in [9.17, 15) is 13.2 Å². The van der Waals surface area contributed by atoms with Crippen LogP contribution in [0.2, 0.25) is 0 Å². The van der Waals surface area contributed by atoms with Gasteiger partial charge in [-0.1, -0.05) is 12.2 Å². The number of methoxy groups -OCH3 is 1. The molecule has 0 saturated carbocycles. The van der Waals surface area contributed by atoms with Crippen LogP contribution in [-0.4, -0.2) is 50.1 Å². The number of nitrogens with two attached hydrogens (primary N) is 1. The van der Waals surface area contributed by atoms with E-state index >= 15 is 0 Å². The van der Waals surface area contributed by atoms with Gasteiger partial charge in [0.1, 0.15) is 12.3 Å². The van der Waals surface area contributed by atoms with Crippen LogP contribution in [0.25, 0.3) is 0 Å². The molecule has 0 aromatic heterocycles. The first kappa shape index (κ1) is 13.3. The predicted molar refractivity (Wildman–Crippen MR) is 55.2 cm³/mol. The molecule has 0 aliphatic rings. The largest absolute Gasteiger partial charge is 0.468 e. The molecule has 2 N–H and O–H groups in total. The van der Waals surface area contributed by atoms with E-state index in [1.165, 1.54) is 14.2 Å². The number of likely N-dealkylation sites (N-methyl/N-ethyl adjacent to an activating group) is 1. The molecule has 0 radical (unpaired) electrons. The molecule has 82 valence electrons. The fourth-order valence-corrected chi connectivity index (χ4v) is 1.96. The maximum absolute atomic E-state index is 11.3. The van der Waals surface area contributed by atoms with Gasteiger partial charge in [-0.2, -0.15) is 4.31 Å². The highest BCUT2D eigenvalue weighted by molar-refractivity contribution is 7.92. The van der Waals surface area contributed by atoms with Gasteiger partial charge in [-0.25, -0.2) is 8.42 Å². The third-order valence-electron chi connectivity index (χ3n) is 1.38. The van der Waals surface area contributed by atoms with Gasteiger partial charge in [0.05, 0.1) is 12.1 Å². The van der Waals surface area contributed by atoms with Crippen LogP contribution in [-0.2, 0) is 19.6 Å². The minimum atomic E-state index is -3.60. The van der Waals surface area contributed by atoms with Crippen LogP contribution in [0, 0.1) is 0 Å². The molecule has 0 aliphatic heterocycles. The number of hydrogen-bond acceptors (Lipinski definition) is 5. The molecule has 0 rings (SSSR count). The van der Waals surface area contributed by atoms with Gasteiger partial charge in [0.25, 0.3) is 0 Å². The SMILES string of the molecule is COC(=O)CN(C)S(=O)(=O)CC(N)=S. The number of esters is 1. The Bertz CT molecular complexity index is 325. The molecular formula is C6H12N2O4S2. The number of rotatable bonds is 5. The summed E-state index contributed by atoms with van der Waals surface area (Å²) in [5, 5.41) is 0. The maximum atomic E-state index is 11.3. The molecule has 0 aromatic carbocycles. The summed E-state index contributed by atoms with van der Waals surface area (Å²) in [4.78, 5) is 10.6. The Morgan fingerprint density at radius 3 is 2.43 bits per heavy atom. The zero-order chi connectivity index (χ0) is 11.4. The third kappa shape index (κ3) is 4.49. The lowest BCUT2D eigenvalue weighted by Gasteiger charge is -2.14. The Hall–Kier alpha value is -0.730. The molecule has 0 fully saturated rings. The molecule has 0 aromatic rings. The molecular weight excluding hydrogens is 228 g/mol.